The molecule has 18 heavy (non-hydrogen) atoms. The third kappa shape index (κ3) is 1.70. The lowest BCUT2D eigenvalue weighted by Gasteiger charge is -2.08. The van der Waals surface area contributed by atoms with Crippen LogP contribution < -0.4 is 5.73 Å². The minimum absolute atomic E-state index is 0.277. The quantitative estimate of drug-likeness (QED) is 0.657. The van der Waals surface area contributed by atoms with Crippen molar-refractivity contribution >= 4 is 16.5 Å². The van der Waals surface area contributed by atoms with Crippen LogP contribution in [0.4, 0.5) is 10.1 Å². The Bertz CT molecular complexity index is 717. The van der Waals surface area contributed by atoms with Crippen molar-refractivity contribution in [2.45, 2.75) is 0 Å². The molecule has 1 aromatic heterocycles. The summed E-state index contributed by atoms with van der Waals surface area (Å²) in [4.78, 5) is 4.10. The lowest BCUT2D eigenvalue weighted by atomic mass is 9.99. The highest BCUT2D eigenvalue weighted by molar-refractivity contribution is 5.96. The van der Waals surface area contributed by atoms with Gasteiger partial charge in [0.1, 0.15) is 5.82 Å². The van der Waals surface area contributed by atoms with E-state index in [9.17, 15) is 4.39 Å². The van der Waals surface area contributed by atoms with E-state index >= 15 is 0 Å². The molecule has 0 saturated carbocycles. The number of nitrogens with two attached hydrogens (primary N) is 1. The van der Waals surface area contributed by atoms with E-state index in [2.05, 4.69) is 4.98 Å². The summed E-state index contributed by atoms with van der Waals surface area (Å²) >= 11 is 0. The van der Waals surface area contributed by atoms with Gasteiger partial charge < -0.3 is 5.73 Å². The van der Waals surface area contributed by atoms with Gasteiger partial charge in [-0.15, -0.1) is 0 Å². The van der Waals surface area contributed by atoms with Gasteiger partial charge in [0.25, 0.3) is 0 Å². The SMILES string of the molecule is Nc1ccc(F)c(-c2cccc3ccncc23)c1. The highest BCUT2D eigenvalue weighted by Gasteiger charge is 2.08. The van der Waals surface area contributed by atoms with Gasteiger partial charge in [0, 0.05) is 29.0 Å². The summed E-state index contributed by atoms with van der Waals surface area (Å²) < 4.78 is 13.9. The predicted octanol–water partition coefficient (Wildman–Crippen LogP) is 3.62. The summed E-state index contributed by atoms with van der Waals surface area (Å²) in [5, 5.41) is 1.95. The predicted molar refractivity (Wildman–Crippen MR) is 71.5 cm³/mol. The topological polar surface area (TPSA) is 38.9 Å². The second-order valence-electron chi connectivity index (χ2n) is 4.14. The lowest BCUT2D eigenvalue weighted by Crippen LogP contribution is -1.90. The van der Waals surface area contributed by atoms with Crippen molar-refractivity contribution in [2.75, 3.05) is 5.73 Å². The van der Waals surface area contributed by atoms with Crippen molar-refractivity contribution in [2.24, 2.45) is 0 Å². The molecular weight excluding hydrogens is 227 g/mol. The van der Waals surface area contributed by atoms with Crippen molar-refractivity contribution in [3.05, 3.63) is 60.7 Å². The molecule has 88 valence electrons. The van der Waals surface area contributed by atoms with Gasteiger partial charge in [-0.05, 0) is 35.2 Å². The molecule has 0 aliphatic heterocycles. The Kier molecular flexibility index (Phi) is 2.45. The lowest BCUT2D eigenvalue weighted by molar-refractivity contribution is 0.631. The van der Waals surface area contributed by atoms with Crippen molar-refractivity contribution in [3.63, 3.8) is 0 Å². The maximum absolute atomic E-state index is 13.9. The maximum atomic E-state index is 13.9. The van der Waals surface area contributed by atoms with Crippen LogP contribution in [0.2, 0.25) is 0 Å². The van der Waals surface area contributed by atoms with Gasteiger partial charge in [0.15, 0.2) is 0 Å². The average molecular weight is 238 g/mol. The molecule has 0 saturated heterocycles. The molecule has 3 aromatic rings. The first-order valence-electron chi connectivity index (χ1n) is 5.64. The standard InChI is InChI=1S/C15H11FN2/c16-15-5-4-11(17)8-13(15)12-3-1-2-10-6-7-18-9-14(10)12/h1-9H,17H2. The van der Waals surface area contributed by atoms with E-state index in [4.69, 9.17) is 5.73 Å². The zero-order chi connectivity index (χ0) is 12.5. The molecule has 0 unspecified atom stereocenters. The number of fused-ring (bicyclic) bond motifs is 1. The van der Waals surface area contributed by atoms with Crippen LogP contribution in [-0.2, 0) is 0 Å². The first-order valence-corrected chi connectivity index (χ1v) is 5.64. The summed E-state index contributed by atoms with van der Waals surface area (Å²) in [5.41, 5.74) is 7.59. The summed E-state index contributed by atoms with van der Waals surface area (Å²) in [6.07, 6.45) is 3.47. The smallest absolute Gasteiger partial charge is 0.131 e. The van der Waals surface area contributed by atoms with E-state index in [1.165, 1.54) is 6.07 Å². The van der Waals surface area contributed by atoms with Gasteiger partial charge in [-0.3, -0.25) is 4.98 Å². The average Bonchev–Trinajstić information content (AvgIpc) is 2.41. The van der Waals surface area contributed by atoms with Crippen molar-refractivity contribution in [1.29, 1.82) is 0 Å². The zero-order valence-corrected chi connectivity index (χ0v) is 9.60. The molecule has 2 nitrogen and oxygen atoms in total. The molecule has 2 N–H and O–H groups in total. The second kappa shape index (κ2) is 4.11. The molecule has 3 heteroatoms. The van der Waals surface area contributed by atoms with Gasteiger partial charge in [-0.2, -0.15) is 0 Å². The molecular formula is C15H11FN2. The number of aromatic nitrogens is 1. The molecule has 2 aromatic carbocycles. The number of pyridine rings is 1. The van der Waals surface area contributed by atoms with E-state index in [1.54, 1.807) is 24.5 Å². The molecule has 0 spiro atoms. The highest BCUT2D eigenvalue weighted by atomic mass is 19.1. The van der Waals surface area contributed by atoms with Crippen LogP contribution in [0.25, 0.3) is 21.9 Å². The number of hydrogen-bond acceptors (Lipinski definition) is 2. The van der Waals surface area contributed by atoms with Crippen LogP contribution in [0.1, 0.15) is 0 Å². The highest BCUT2D eigenvalue weighted by Crippen LogP contribution is 2.30. The monoisotopic (exact) mass is 238 g/mol. The van der Waals surface area contributed by atoms with Gasteiger partial charge in [-0.1, -0.05) is 18.2 Å². The first kappa shape index (κ1) is 10.7. The van der Waals surface area contributed by atoms with Crippen LogP contribution in [0.15, 0.2) is 54.9 Å². The van der Waals surface area contributed by atoms with E-state index in [0.717, 1.165) is 16.3 Å². The Labute approximate surface area is 104 Å². The van der Waals surface area contributed by atoms with Crippen LogP contribution in [-0.4, -0.2) is 4.98 Å². The number of halogens is 1. The normalized spacial score (nSPS) is 10.7. The van der Waals surface area contributed by atoms with Crippen molar-refractivity contribution < 1.29 is 4.39 Å². The molecule has 3 rings (SSSR count). The summed E-state index contributed by atoms with van der Waals surface area (Å²) in [6.45, 7) is 0. The Morgan fingerprint density at radius 3 is 2.78 bits per heavy atom. The molecule has 1 heterocycles. The largest absolute Gasteiger partial charge is 0.399 e. The van der Waals surface area contributed by atoms with Gasteiger partial charge in [0.05, 0.1) is 0 Å². The second-order valence-corrected chi connectivity index (χ2v) is 4.14. The van der Waals surface area contributed by atoms with Crippen LogP contribution in [0, 0.1) is 5.82 Å². The van der Waals surface area contributed by atoms with E-state index in [0.29, 0.717) is 11.3 Å². The zero-order valence-electron chi connectivity index (χ0n) is 9.60. The fraction of sp³-hybridized carbons (Fsp3) is 0. The third-order valence-electron chi connectivity index (χ3n) is 2.96. The molecule has 0 atom stereocenters. The van der Waals surface area contributed by atoms with E-state index in [1.807, 2.05) is 24.3 Å². The Balaban J connectivity index is 2.35. The summed E-state index contributed by atoms with van der Waals surface area (Å²) in [6, 6.07) is 12.3. The number of benzene rings is 2. The number of nitrogen functional groups attached to an aromatic ring is 1. The van der Waals surface area contributed by atoms with Gasteiger partial charge >= 0.3 is 0 Å². The number of anilines is 1. The molecule has 0 aliphatic carbocycles. The van der Waals surface area contributed by atoms with Crippen molar-refractivity contribution in [1.82, 2.24) is 4.98 Å². The van der Waals surface area contributed by atoms with Gasteiger partial charge in [-0.25, -0.2) is 4.39 Å². The van der Waals surface area contributed by atoms with E-state index in [-0.39, 0.29) is 5.82 Å². The maximum Gasteiger partial charge on any atom is 0.131 e. The molecule has 0 amide bonds. The fourth-order valence-electron chi connectivity index (χ4n) is 2.10. The fourth-order valence-corrected chi connectivity index (χ4v) is 2.10. The van der Waals surface area contributed by atoms with Crippen LogP contribution >= 0.6 is 0 Å². The minimum atomic E-state index is -0.277. The molecule has 0 bridgehead atoms. The third-order valence-corrected chi connectivity index (χ3v) is 2.96. The first-order chi connectivity index (χ1) is 8.75. The number of nitrogens with zero attached hydrogens (tertiary/aromatic N) is 1. The minimum Gasteiger partial charge on any atom is -0.399 e. The molecule has 0 fully saturated rings. The number of hydrogen-bond donors (Lipinski definition) is 1. The molecule has 0 radical (unpaired) electrons. The Morgan fingerprint density at radius 1 is 1.00 bits per heavy atom. The van der Waals surface area contributed by atoms with Crippen LogP contribution in [0.3, 0.4) is 0 Å². The van der Waals surface area contributed by atoms with E-state index < -0.39 is 0 Å². The molecule has 0 aliphatic rings. The van der Waals surface area contributed by atoms with Crippen molar-refractivity contribution in [3.8, 4) is 11.1 Å². The van der Waals surface area contributed by atoms with Crippen LogP contribution in [0.5, 0.6) is 0 Å². The Morgan fingerprint density at radius 2 is 1.89 bits per heavy atom. The summed E-state index contributed by atoms with van der Waals surface area (Å²) in [7, 11) is 0. The van der Waals surface area contributed by atoms with Gasteiger partial charge in [0.2, 0.25) is 0 Å². The Hall–Kier alpha value is -2.42. The number of rotatable bonds is 1. The summed E-state index contributed by atoms with van der Waals surface area (Å²) in [5.74, 6) is -0.277.